The number of H-pyrrole nitrogens is 1. The zero-order valence-electron chi connectivity index (χ0n) is 14.3. The average Bonchev–Trinajstić information content (AvgIpc) is 3.04. The molecule has 1 aliphatic rings. The minimum atomic E-state index is -0.454. The Bertz CT molecular complexity index is 897. The average molecular weight is 339 g/mol. The van der Waals surface area contributed by atoms with Gasteiger partial charge in [-0.05, 0) is 55.5 Å². The van der Waals surface area contributed by atoms with E-state index in [1.807, 2.05) is 31.2 Å². The van der Waals surface area contributed by atoms with Gasteiger partial charge in [0.1, 0.15) is 5.82 Å². The molecule has 0 saturated carbocycles. The van der Waals surface area contributed by atoms with E-state index in [1.165, 1.54) is 5.56 Å². The Morgan fingerprint density at radius 3 is 2.72 bits per heavy atom. The number of aromatic nitrogens is 2. The first kappa shape index (κ1) is 16.1. The zero-order chi connectivity index (χ0) is 17.4. The van der Waals surface area contributed by atoms with Crippen molar-refractivity contribution in [1.29, 1.82) is 0 Å². The summed E-state index contributed by atoms with van der Waals surface area (Å²) in [5, 5.41) is 10.3. The first-order chi connectivity index (χ1) is 12.1. The summed E-state index contributed by atoms with van der Waals surface area (Å²) < 4.78 is 14.6. The third-order valence-corrected chi connectivity index (χ3v) is 5.10. The van der Waals surface area contributed by atoms with Gasteiger partial charge in [-0.25, -0.2) is 4.98 Å². The smallest absolute Gasteiger partial charge is 0.224 e. The van der Waals surface area contributed by atoms with Gasteiger partial charge >= 0.3 is 0 Å². The van der Waals surface area contributed by atoms with Crippen molar-refractivity contribution in [3.63, 3.8) is 0 Å². The van der Waals surface area contributed by atoms with Crippen LogP contribution >= 0.6 is 0 Å². The lowest BCUT2D eigenvalue weighted by Gasteiger charge is -2.32. The van der Waals surface area contributed by atoms with Crippen LogP contribution in [0.3, 0.4) is 0 Å². The molecule has 0 atom stereocenters. The van der Waals surface area contributed by atoms with Gasteiger partial charge in [0.05, 0.1) is 11.3 Å². The molecule has 0 unspecified atom stereocenters. The highest BCUT2D eigenvalue weighted by Crippen LogP contribution is 2.29. The SMILES string of the molecule is Cc1ccc2cc(-c3ccc(N4CCC(CO)CC4)nc3F)[nH]c2c1. The van der Waals surface area contributed by atoms with E-state index in [2.05, 4.69) is 20.9 Å². The van der Waals surface area contributed by atoms with Crippen LogP contribution in [0.15, 0.2) is 36.4 Å². The van der Waals surface area contributed by atoms with E-state index < -0.39 is 5.95 Å². The second kappa shape index (κ2) is 6.48. The summed E-state index contributed by atoms with van der Waals surface area (Å²) in [5.74, 6) is 0.574. The van der Waals surface area contributed by atoms with E-state index in [1.54, 1.807) is 6.07 Å². The summed E-state index contributed by atoms with van der Waals surface area (Å²) >= 11 is 0. The Labute approximate surface area is 146 Å². The number of aliphatic hydroxyl groups is 1. The lowest BCUT2D eigenvalue weighted by molar-refractivity contribution is 0.202. The molecule has 4 rings (SSSR count). The molecule has 1 saturated heterocycles. The molecule has 3 heterocycles. The number of aryl methyl sites for hydroxylation is 1. The van der Waals surface area contributed by atoms with E-state index in [4.69, 9.17) is 0 Å². The normalized spacial score (nSPS) is 15.9. The van der Waals surface area contributed by atoms with Crippen LogP contribution in [0.4, 0.5) is 10.2 Å². The molecule has 5 heteroatoms. The standard InChI is InChI=1S/C20H22FN3O/c1-13-2-3-15-11-18(22-17(15)10-13)16-4-5-19(23-20(16)21)24-8-6-14(12-25)7-9-24/h2-5,10-11,14,22,25H,6-9,12H2,1H3. The molecule has 0 bridgehead atoms. The Hall–Kier alpha value is -2.40. The van der Waals surface area contributed by atoms with E-state index >= 15 is 0 Å². The number of pyridine rings is 1. The van der Waals surface area contributed by atoms with E-state index in [-0.39, 0.29) is 6.61 Å². The molecule has 0 aliphatic carbocycles. The molecule has 2 aromatic heterocycles. The Kier molecular flexibility index (Phi) is 4.17. The molecule has 25 heavy (non-hydrogen) atoms. The van der Waals surface area contributed by atoms with Gasteiger partial charge in [-0.1, -0.05) is 12.1 Å². The third-order valence-electron chi connectivity index (χ3n) is 5.10. The quantitative estimate of drug-likeness (QED) is 0.712. The fourth-order valence-corrected chi connectivity index (χ4v) is 3.53. The molecule has 0 radical (unpaired) electrons. The molecule has 1 aromatic carbocycles. The predicted molar refractivity (Wildman–Crippen MR) is 98.2 cm³/mol. The maximum absolute atomic E-state index is 14.6. The van der Waals surface area contributed by atoms with Gasteiger partial charge in [-0.3, -0.25) is 0 Å². The minimum Gasteiger partial charge on any atom is -0.396 e. The number of benzene rings is 1. The predicted octanol–water partition coefficient (Wildman–Crippen LogP) is 3.89. The number of rotatable bonds is 3. The van der Waals surface area contributed by atoms with Gasteiger partial charge in [0, 0.05) is 30.6 Å². The largest absolute Gasteiger partial charge is 0.396 e. The number of piperidine rings is 1. The van der Waals surface area contributed by atoms with Crippen molar-refractivity contribution in [3.05, 3.63) is 47.9 Å². The Balaban J connectivity index is 1.61. The van der Waals surface area contributed by atoms with Gasteiger partial charge in [0.2, 0.25) is 5.95 Å². The van der Waals surface area contributed by atoms with Crippen LogP contribution in [0, 0.1) is 18.8 Å². The van der Waals surface area contributed by atoms with Crippen molar-refractivity contribution in [2.45, 2.75) is 19.8 Å². The summed E-state index contributed by atoms with van der Waals surface area (Å²) in [6.45, 7) is 3.89. The number of aliphatic hydroxyl groups excluding tert-OH is 1. The Morgan fingerprint density at radius 1 is 1.20 bits per heavy atom. The van der Waals surface area contributed by atoms with E-state index in [9.17, 15) is 9.50 Å². The zero-order valence-corrected chi connectivity index (χ0v) is 14.3. The van der Waals surface area contributed by atoms with E-state index in [0.717, 1.165) is 42.5 Å². The highest BCUT2D eigenvalue weighted by atomic mass is 19.1. The molecule has 2 N–H and O–H groups in total. The lowest BCUT2D eigenvalue weighted by Crippen LogP contribution is -2.35. The van der Waals surface area contributed by atoms with Crippen molar-refractivity contribution in [3.8, 4) is 11.3 Å². The van der Waals surface area contributed by atoms with Crippen LogP contribution in [0.2, 0.25) is 0 Å². The van der Waals surface area contributed by atoms with Crippen LogP contribution in [-0.2, 0) is 0 Å². The van der Waals surface area contributed by atoms with Crippen molar-refractivity contribution < 1.29 is 9.50 Å². The fourth-order valence-electron chi connectivity index (χ4n) is 3.53. The summed E-state index contributed by atoms with van der Waals surface area (Å²) in [4.78, 5) is 9.56. The first-order valence-electron chi connectivity index (χ1n) is 8.76. The first-order valence-corrected chi connectivity index (χ1v) is 8.76. The van der Waals surface area contributed by atoms with Crippen LogP contribution in [-0.4, -0.2) is 34.8 Å². The van der Waals surface area contributed by atoms with Crippen LogP contribution in [0.5, 0.6) is 0 Å². The summed E-state index contributed by atoms with van der Waals surface area (Å²) in [7, 11) is 0. The number of nitrogens with one attached hydrogen (secondary N) is 1. The van der Waals surface area contributed by atoms with Crippen molar-refractivity contribution in [2.75, 3.05) is 24.6 Å². The van der Waals surface area contributed by atoms with E-state index in [0.29, 0.717) is 17.3 Å². The molecule has 3 aromatic rings. The summed E-state index contributed by atoms with van der Waals surface area (Å²) in [6.07, 6.45) is 1.84. The van der Waals surface area contributed by atoms with Crippen LogP contribution < -0.4 is 4.90 Å². The molecule has 0 spiro atoms. The second-order valence-corrected chi connectivity index (χ2v) is 6.89. The number of nitrogens with zero attached hydrogens (tertiary/aromatic N) is 2. The fraction of sp³-hybridized carbons (Fsp3) is 0.350. The van der Waals surface area contributed by atoms with Gasteiger partial charge in [-0.15, -0.1) is 0 Å². The maximum Gasteiger partial charge on any atom is 0.224 e. The lowest BCUT2D eigenvalue weighted by atomic mass is 9.98. The number of hydrogen-bond donors (Lipinski definition) is 2. The molecule has 1 fully saturated rings. The van der Waals surface area contributed by atoms with Crippen molar-refractivity contribution >= 4 is 16.7 Å². The van der Waals surface area contributed by atoms with Gasteiger partial charge < -0.3 is 15.0 Å². The second-order valence-electron chi connectivity index (χ2n) is 6.89. The number of aromatic amines is 1. The highest BCUT2D eigenvalue weighted by molar-refractivity contribution is 5.86. The maximum atomic E-state index is 14.6. The van der Waals surface area contributed by atoms with Crippen molar-refractivity contribution in [2.24, 2.45) is 5.92 Å². The van der Waals surface area contributed by atoms with Crippen molar-refractivity contribution in [1.82, 2.24) is 9.97 Å². The van der Waals surface area contributed by atoms with Crippen LogP contribution in [0.25, 0.3) is 22.2 Å². The molecular formula is C20H22FN3O. The number of halogens is 1. The Morgan fingerprint density at radius 2 is 2.00 bits per heavy atom. The summed E-state index contributed by atoms with van der Waals surface area (Å²) in [6, 6.07) is 11.8. The number of fused-ring (bicyclic) bond motifs is 1. The third kappa shape index (κ3) is 3.12. The monoisotopic (exact) mass is 339 g/mol. The topological polar surface area (TPSA) is 52.1 Å². The molecule has 130 valence electrons. The minimum absolute atomic E-state index is 0.231. The van der Waals surface area contributed by atoms with Gasteiger partial charge in [-0.2, -0.15) is 4.39 Å². The summed E-state index contributed by atoms with van der Waals surface area (Å²) in [5.41, 5.74) is 3.41. The molecule has 4 nitrogen and oxygen atoms in total. The number of anilines is 1. The molecular weight excluding hydrogens is 317 g/mol. The van der Waals surface area contributed by atoms with Gasteiger partial charge in [0.15, 0.2) is 0 Å². The molecule has 1 aliphatic heterocycles. The highest BCUT2D eigenvalue weighted by Gasteiger charge is 2.20. The van der Waals surface area contributed by atoms with Gasteiger partial charge in [0.25, 0.3) is 0 Å². The number of hydrogen-bond acceptors (Lipinski definition) is 3. The molecule has 0 amide bonds. The van der Waals surface area contributed by atoms with Crippen LogP contribution in [0.1, 0.15) is 18.4 Å².